The second-order valence-electron chi connectivity index (χ2n) is 4.38. The van der Waals surface area contributed by atoms with E-state index in [1.807, 2.05) is 26.0 Å². The molecule has 2 aromatic rings. The van der Waals surface area contributed by atoms with Gasteiger partial charge < -0.3 is 5.11 Å². The van der Waals surface area contributed by atoms with Crippen molar-refractivity contribution >= 4 is 29.1 Å². The Labute approximate surface area is 125 Å². The van der Waals surface area contributed by atoms with Gasteiger partial charge in [0.25, 0.3) is 0 Å². The van der Waals surface area contributed by atoms with Crippen molar-refractivity contribution in [2.45, 2.75) is 23.6 Å². The zero-order chi connectivity index (χ0) is 14.9. The Kier molecular flexibility index (Phi) is 4.20. The summed E-state index contributed by atoms with van der Waals surface area (Å²) in [5, 5.41) is 21.0. The molecule has 0 aliphatic heterocycles. The molecule has 0 aliphatic carbocycles. The van der Waals surface area contributed by atoms with E-state index >= 15 is 0 Å². The van der Waals surface area contributed by atoms with Crippen LogP contribution in [-0.2, 0) is 0 Å². The van der Waals surface area contributed by atoms with Crippen LogP contribution < -0.4 is 0 Å². The monoisotopic (exact) mass is 309 g/mol. The number of nitro benzene ring substituents is 1. The Balaban J connectivity index is 2.33. The molecule has 0 bridgehead atoms. The van der Waals surface area contributed by atoms with Crippen molar-refractivity contribution in [1.29, 1.82) is 0 Å². The number of rotatable bonds is 3. The third-order valence-electron chi connectivity index (χ3n) is 2.83. The third kappa shape index (κ3) is 3.05. The molecule has 0 aromatic heterocycles. The molecule has 0 radical (unpaired) electrons. The van der Waals surface area contributed by atoms with E-state index in [1.165, 1.54) is 23.9 Å². The lowest BCUT2D eigenvalue weighted by Crippen LogP contribution is -1.89. The molecular formula is C14H12ClNO3S. The minimum Gasteiger partial charge on any atom is -0.502 e. The van der Waals surface area contributed by atoms with E-state index in [9.17, 15) is 15.2 Å². The Morgan fingerprint density at radius 2 is 1.90 bits per heavy atom. The Bertz CT molecular complexity index is 688. The van der Waals surface area contributed by atoms with Gasteiger partial charge in [-0.1, -0.05) is 23.4 Å². The summed E-state index contributed by atoms with van der Waals surface area (Å²) in [4.78, 5) is 11.8. The first-order valence-corrected chi connectivity index (χ1v) is 7.00. The maximum absolute atomic E-state index is 10.7. The summed E-state index contributed by atoms with van der Waals surface area (Å²) in [5.41, 5.74) is 1.69. The molecule has 6 heteroatoms. The van der Waals surface area contributed by atoms with E-state index in [-0.39, 0.29) is 11.4 Å². The number of nitrogens with zero attached hydrogens (tertiary/aromatic N) is 1. The molecule has 0 amide bonds. The van der Waals surface area contributed by atoms with Gasteiger partial charge in [0.05, 0.1) is 4.92 Å². The van der Waals surface area contributed by atoms with Crippen LogP contribution in [0.15, 0.2) is 40.1 Å². The Morgan fingerprint density at radius 1 is 1.20 bits per heavy atom. The topological polar surface area (TPSA) is 63.4 Å². The molecule has 0 saturated carbocycles. The molecule has 4 nitrogen and oxygen atoms in total. The average molecular weight is 310 g/mol. The fourth-order valence-corrected chi connectivity index (χ4v) is 2.95. The number of hydrogen-bond donors (Lipinski definition) is 1. The standard InChI is InChI=1S/C14H12ClNO3S/c1-8-6-14(9(2)5-11(8)15)20-10-3-4-12(16(18)19)13(17)7-10/h3-7,17H,1-2H3. The third-order valence-corrected chi connectivity index (χ3v) is 4.38. The molecule has 0 fully saturated rings. The molecule has 0 aliphatic rings. The maximum Gasteiger partial charge on any atom is 0.310 e. The van der Waals surface area contributed by atoms with Crippen molar-refractivity contribution < 1.29 is 10.0 Å². The lowest BCUT2D eigenvalue weighted by Gasteiger charge is -2.08. The summed E-state index contributed by atoms with van der Waals surface area (Å²) >= 11 is 7.48. The van der Waals surface area contributed by atoms with Crippen LogP contribution in [0.25, 0.3) is 0 Å². The Morgan fingerprint density at radius 3 is 2.50 bits per heavy atom. The van der Waals surface area contributed by atoms with E-state index < -0.39 is 4.92 Å². The van der Waals surface area contributed by atoms with Gasteiger partial charge in [0, 0.05) is 26.9 Å². The Hall–Kier alpha value is -1.72. The maximum atomic E-state index is 10.7. The van der Waals surface area contributed by atoms with E-state index in [4.69, 9.17) is 11.6 Å². The lowest BCUT2D eigenvalue weighted by atomic mass is 10.2. The minimum absolute atomic E-state index is 0.293. The van der Waals surface area contributed by atoms with Gasteiger partial charge in [0.15, 0.2) is 5.75 Å². The minimum atomic E-state index is -0.610. The van der Waals surface area contributed by atoms with Crippen molar-refractivity contribution in [2.24, 2.45) is 0 Å². The first-order valence-electron chi connectivity index (χ1n) is 5.80. The molecular weight excluding hydrogens is 298 g/mol. The highest BCUT2D eigenvalue weighted by molar-refractivity contribution is 7.99. The second-order valence-corrected chi connectivity index (χ2v) is 5.90. The smallest absolute Gasteiger partial charge is 0.310 e. The predicted octanol–water partition coefficient (Wildman–Crippen LogP) is 4.72. The van der Waals surface area contributed by atoms with Crippen LogP contribution in [0.1, 0.15) is 11.1 Å². The van der Waals surface area contributed by atoms with Crippen LogP contribution >= 0.6 is 23.4 Å². The van der Waals surface area contributed by atoms with Gasteiger partial charge in [0.1, 0.15) is 0 Å². The lowest BCUT2D eigenvalue weighted by molar-refractivity contribution is -0.385. The van der Waals surface area contributed by atoms with Crippen molar-refractivity contribution in [3.8, 4) is 5.75 Å². The molecule has 0 unspecified atom stereocenters. The summed E-state index contributed by atoms with van der Waals surface area (Å²) in [5.74, 6) is -0.330. The molecule has 0 saturated heterocycles. The van der Waals surface area contributed by atoms with Gasteiger partial charge in [-0.05, 0) is 43.2 Å². The van der Waals surface area contributed by atoms with Gasteiger partial charge in [-0.15, -0.1) is 0 Å². The highest BCUT2D eigenvalue weighted by Crippen LogP contribution is 2.37. The summed E-state index contributed by atoms with van der Waals surface area (Å²) in [6.07, 6.45) is 0. The molecule has 2 rings (SSSR count). The van der Waals surface area contributed by atoms with Gasteiger partial charge in [-0.2, -0.15) is 0 Å². The molecule has 104 valence electrons. The number of halogens is 1. The van der Waals surface area contributed by atoms with E-state index in [0.717, 1.165) is 20.9 Å². The van der Waals surface area contributed by atoms with E-state index in [1.54, 1.807) is 6.07 Å². The van der Waals surface area contributed by atoms with Crippen LogP contribution in [0.5, 0.6) is 5.75 Å². The van der Waals surface area contributed by atoms with Gasteiger partial charge in [0.2, 0.25) is 0 Å². The number of hydrogen-bond acceptors (Lipinski definition) is 4. The first-order chi connectivity index (χ1) is 9.38. The molecule has 20 heavy (non-hydrogen) atoms. The van der Waals surface area contributed by atoms with Gasteiger partial charge in [-0.3, -0.25) is 10.1 Å². The van der Waals surface area contributed by atoms with Crippen molar-refractivity contribution in [2.75, 3.05) is 0 Å². The summed E-state index contributed by atoms with van der Waals surface area (Å²) in [6, 6.07) is 8.15. The number of aryl methyl sites for hydroxylation is 2. The molecule has 1 N–H and O–H groups in total. The predicted molar refractivity (Wildman–Crippen MR) is 79.8 cm³/mol. The van der Waals surface area contributed by atoms with Crippen LogP contribution in [0, 0.1) is 24.0 Å². The first kappa shape index (κ1) is 14.7. The van der Waals surface area contributed by atoms with Crippen molar-refractivity contribution in [3.05, 3.63) is 56.6 Å². The SMILES string of the molecule is Cc1cc(Sc2ccc([N+](=O)[O-])c(O)c2)c(C)cc1Cl. The number of nitro groups is 1. The number of phenols is 1. The average Bonchev–Trinajstić information content (AvgIpc) is 2.35. The number of phenolic OH excluding ortho intramolecular Hbond substituents is 1. The van der Waals surface area contributed by atoms with E-state index in [2.05, 4.69) is 0 Å². The molecule has 0 heterocycles. The van der Waals surface area contributed by atoms with Gasteiger partial charge >= 0.3 is 5.69 Å². The normalized spacial score (nSPS) is 10.6. The van der Waals surface area contributed by atoms with Crippen LogP contribution in [0.2, 0.25) is 5.02 Å². The molecule has 0 spiro atoms. The highest BCUT2D eigenvalue weighted by Gasteiger charge is 2.14. The molecule has 0 atom stereocenters. The van der Waals surface area contributed by atoms with Crippen LogP contribution in [0.4, 0.5) is 5.69 Å². The van der Waals surface area contributed by atoms with E-state index in [0.29, 0.717) is 5.02 Å². The fraction of sp³-hybridized carbons (Fsp3) is 0.143. The summed E-state index contributed by atoms with van der Waals surface area (Å²) in [6.45, 7) is 3.86. The zero-order valence-electron chi connectivity index (χ0n) is 10.9. The van der Waals surface area contributed by atoms with Crippen molar-refractivity contribution in [3.63, 3.8) is 0 Å². The summed E-state index contributed by atoms with van der Waals surface area (Å²) in [7, 11) is 0. The quantitative estimate of drug-likeness (QED) is 0.658. The van der Waals surface area contributed by atoms with Gasteiger partial charge in [-0.25, -0.2) is 0 Å². The number of aromatic hydroxyl groups is 1. The number of benzene rings is 2. The van der Waals surface area contributed by atoms with Crippen LogP contribution in [-0.4, -0.2) is 10.0 Å². The largest absolute Gasteiger partial charge is 0.502 e. The highest BCUT2D eigenvalue weighted by atomic mass is 35.5. The van der Waals surface area contributed by atoms with Crippen LogP contribution in [0.3, 0.4) is 0 Å². The summed E-state index contributed by atoms with van der Waals surface area (Å²) < 4.78 is 0. The van der Waals surface area contributed by atoms with Crippen molar-refractivity contribution in [1.82, 2.24) is 0 Å². The molecule has 2 aromatic carbocycles. The fourth-order valence-electron chi connectivity index (χ4n) is 1.71. The zero-order valence-corrected chi connectivity index (χ0v) is 12.5. The second kappa shape index (κ2) is 5.73.